The highest BCUT2D eigenvalue weighted by molar-refractivity contribution is 7.80. The molecule has 0 aliphatic rings. The molecule has 1 unspecified atom stereocenters. The Balaban J connectivity index is 2.03. The van der Waals surface area contributed by atoms with Gasteiger partial charge in [0, 0.05) is 43.6 Å². The van der Waals surface area contributed by atoms with Crippen LogP contribution in [0.5, 0.6) is 5.75 Å². The minimum Gasteiger partial charge on any atom is -0.494 e. The largest absolute Gasteiger partial charge is 0.494 e. The molecule has 0 saturated carbocycles. The maximum Gasteiger partial charge on any atom is 0.160 e. The number of rotatable bonds is 15. The van der Waals surface area contributed by atoms with E-state index in [1.54, 1.807) is 0 Å². The van der Waals surface area contributed by atoms with Crippen LogP contribution in [0.3, 0.4) is 0 Å². The van der Waals surface area contributed by atoms with Crippen molar-refractivity contribution in [3.05, 3.63) is 29.8 Å². The molecule has 1 rings (SSSR count). The van der Waals surface area contributed by atoms with Gasteiger partial charge in [-0.1, -0.05) is 26.0 Å². The molecule has 27 heavy (non-hydrogen) atoms. The van der Waals surface area contributed by atoms with Crippen LogP contribution in [0.1, 0.15) is 52.1 Å². The molecule has 5 nitrogen and oxygen atoms in total. The maximum atomic E-state index is 11.4. The smallest absolute Gasteiger partial charge is 0.160 e. The van der Waals surface area contributed by atoms with E-state index >= 15 is 0 Å². The number of ketones is 1. The first-order valence-corrected chi connectivity index (χ1v) is 10.3. The zero-order chi connectivity index (χ0) is 20.1. The Hall–Kier alpha value is -1.08. The first-order chi connectivity index (χ1) is 12.9. The number of benzene rings is 1. The quantitative estimate of drug-likeness (QED) is 0.266. The van der Waals surface area contributed by atoms with Crippen LogP contribution >= 0.6 is 12.6 Å². The summed E-state index contributed by atoms with van der Waals surface area (Å²) in [5.41, 5.74) is 1.21. The normalized spacial score (nSPS) is 13.6. The van der Waals surface area contributed by atoms with Gasteiger partial charge in [0.1, 0.15) is 12.4 Å². The van der Waals surface area contributed by atoms with Crippen LogP contribution in [-0.2, 0) is 14.3 Å². The van der Waals surface area contributed by atoms with Crippen LogP contribution in [0, 0.1) is 5.92 Å². The first kappa shape index (κ1) is 24.0. The summed E-state index contributed by atoms with van der Waals surface area (Å²) in [6.45, 7) is 10.6. The van der Waals surface area contributed by atoms with Crippen molar-refractivity contribution in [1.29, 1.82) is 0 Å². The standard InChI is InChI=1S/C21H35NO4S/c1-16(2)21(23)15-25-13-5-11-24-12-6-14-26-20-9-7-19(8-10-20)17(3)22-18(4)27/h7-10,16-18,22,27H,5-6,11-15H2,1-4H3/t17-,18?/m1/s1. The third kappa shape index (κ3) is 11.4. The van der Waals surface area contributed by atoms with Gasteiger partial charge in [0.15, 0.2) is 5.78 Å². The molecule has 0 amide bonds. The number of hydrogen-bond acceptors (Lipinski definition) is 6. The van der Waals surface area contributed by atoms with Crippen molar-refractivity contribution in [2.45, 2.75) is 52.0 Å². The van der Waals surface area contributed by atoms with Gasteiger partial charge in [-0.05, 0) is 38.0 Å². The van der Waals surface area contributed by atoms with Gasteiger partial charge in [-0.2, -0.15) is 12.6 Å². The molecule has 0 aromatic heterocycles. The van der Waals surface area contributed by atoms with Crippen LogP contribution in [0.15, 0.2) is 24.3 Å². The summed E-state index contributed by atoms with van der Waals surface area (Å²) in [5.74, 6) is 1.05. The van der Waals surface area contributed by atoms with Crippen molar-refractivity contribution >= 4 is 18.4 Å². The number of hydrogen-bond donors (Lipinski definition) is 2. The number of Topliss-reactive ketones (excluding diaryl/α,β-unsaturated/α-hetero) is 1. The molecule has 0 fully saturated rings. The van der Waals surface area contributed by atoms with Crippen LogP contribution in [0.2, 0.25) is 0 Å². The summed E-state index contributed by atoms with van der Waals surface area (Å²) in [4.78, 5) is 11.4. The molecule has 2 atom stereocenters. The van der Waals surface area contributed by atoms with Gasteiger partial charge in [0.25, 0.3) is 0 Å². The Morgan fingerprint density at radius 2 is 1.56 bits per heavy atom. The zero-order valence-corrected chi connectivity index (χ0v) is 18.0. The van der Waals surface area contributed by atoms with Crippen LogP contribution in [-0.4, -0.2) is 44.2 Å². The summed E-state index contributed by atoms with van der Waals surface area (Å²) < 4.78 is 16.6. The number of nitrogens with one attached hydrogen (secondary N) is 1. The fourth-order valence-electron chi connectivity index (χ4n) is 2.37. The Bertz CT molecular complexity index is 519. The molecule has 0 aliphatic carbocycles. The van der Waals surface area contributed by atoms with Gasteiger partial charge in [0.05, 0.1) is 6.61 Å². The summed E-state index contributed by atoms with van der Waals surface area (Å²) in [5, 5.41) is 3.51. The molecule has 0 bridgehead atoms. The summed E-state index contributed by atoms with van der Waals surface area (Å²) in [7, 11) is 0. The van der Waals surface area contributed by atoms with Crippen molar-refractivity contribution in [3.8, 4) is 5.75 Å². The van der Waals surface area contributed by atoms with Gasteiger partial charge in [-0.15, -0.1) is 0 Å². The Morgan fingerprint density at radius 1 is 0.963 bits per heavy atom. The van der Waals surface area contributed by atoms with E-state index in [1.165, 1.54) is 5.56 Å². The van der Waals surface area contributed by atoms with E-state index in [2.05, 4.69) is 37.0 Å². The molecule has 0 radical (unpaired) electrons. The number of ether oxygens (including phenoxy) is 3. The molecule has 0 saturated heterocycles. The average Bonchev–Trinajstić information content (AvgIpc) is 2.62. The average molecular weight is 398 g/mol. The molecule has 1 aromatic rings. The lowest BCUT2D eigenvalue weighted by Crippen LogP contribution is -2.24. The van der Waals surface area contributed by atoms with Crippen molar-refractivity contribution in [2.75, 3.05) is 33.0 Å². The minimum absolute atomic E-state index is 0.0364. The van der Waals surface area contributed by atoms with Crippen LogP contribution < -0.4 is 10.1 Å². The monoisotopic (exact) mass is 397 g/mol. The van der Waals surface area contributed by atoms with Crippen molar-refractivity contribution < 1.29 is 19.0 Å². The second-order valence-corrected chi connectivity index (χ2v) is 7.75. The molecule has 1 aromatic carbocycles. The predicted molar refractivity (Wildman–Crippen MR) is 113 cm³/mol. The molecular weight excluding hydrogens is 362 g/mol. The van der Waals surface area contributed by atoms with E-state index in [0.717, 1.165) is 18.6 Å². The number of carbonyl (C=O) groups is 1. The Kier molecular flexibility index (Phi) is 12.4. The molecule has 6 heteroatoms. The summed E-state index contributed by atoms with van der Waals surface area (Å²) >= 11 is 4.35. The van der Waals surface area contributed by atoms with E-state index in [9.17, 15) is 4.79 Å². The topological polar surface area (TPSA) is 56.8 Å². The second kappa shape index (κ2) is 14.0. The minimum atomic E-state index is 0.0364. The highest BCUT2D eigenvalue weighted by Crippen LogP contribution is 2.18. The van der Waals surface area contributed by atoms with E-state index in [1.807, 2.05) is 32.9 Å². The second-order valence-electron chi connectivity index (χ2n) is 6.97. The molecule has 0 aliphatic heterocycles. The highest BCUT2D eigenvalue weighted by Gasteiger charge is 2.07. The number of carbonyl (C=O) groups excluding carboxylic acids is 1. The third-order valence-electron chi connectivity index (χ3n) is 4.04. The lowest BCUT2D eigenvalue weighted by Gasteiger charge is -2.17. The summed E-state index contributed by atoms with van der Waals surface area (Å²) in [6, 6.07) is 8.39. The van der Waals surface area contributed by atoms with Gasteiger partial charge >= 0.3 is 0 Å². The zero-order valence-electron chi connectivity index (χ0n) is 17.1. The molecule has 154 valence electrons. The number of thiol groups is 1. The van der Waals surface area contributed by atoms with Crippen LogP contribution in [0.25, 0.3) is 0 Å². The molecule has 1 N–H and O–H groups in total. The third-order valence-corrected chi connectivity index (χ3v) is 4.19. The lowest BCUT2D eigenvalue weighted by molar-refractivity contribution is -0.126. The maximum absolute atomic E-state index is 11.4. The van der Waals surface area contributed by atoms with Gasteiger partial charge < -0.3 is 14.2 Å². The highest BCUT2D eigenvalue weighted by atomic mass is 32.1. The first-order valence-electron chi connectivity index (χ1n) is 9.75. The SMILES string of the molecule is CC(S)N[C@H](C)c1ccc(OCCCOCCCOCC(=O)C(C)C)cc1. The fraction of sp³-hybridized carbons (Fsp3) is 0.667. The van der Waals surface area contributed by atoms with E-state index < -0.39 is 0 Å². The van der Waals surface area contributed by atoms with E-state index in [0.29, 0.717) is 26.4 Å². The molecule has 0 spiro atoms. The predicted octanol–water partition coefficient (Wildman–Crippen LogP) is 4.03. The van der Waals surface area contributed by atoms with Gasteiger partial charge in [-0.3, -0.25) is 10.1 Å². The summed E-state index contributed by atoms with van der Waals surface area (Å²) in [6.07, 6.45) is 1.63. The Labute approximate surface area is 169 Å². The fourth-order valence-corrected chi connectivity index (χ4v) is 2.59. The Morgan fingerprint density at radius 3 is 2.15 bits per heavy atom. The van der Waals surface area contributed by atoms with Crippen LogP contribution in [0.4, 0.5) is 0 Å². The van der Waals surface area contributed by atoms with Crippen molar-refractivity contribution in [3.63, 3.8) is 0 Å². The lowest BCUT2D eigenvalue weighted by atomic mass is 10.1. The molecular formula is C21H35NO4S. The van der Waals surface area contributed by atoms with Crippen molar-refractivity contribution in [2.24, 2.45) is 5.92 Å². The molecule has 0 heterocycles. The van der Waals surface area contributed by atoms with E-state index in [4.69, 9.17) is 14.2 Å². The van der Waals surface area contributed by atoms with Gasteiger partial charge in [0.2, 0.25) is 0 Å². The van der Waals surface area contributed by atoms with E-state index in [-0.39, 0.29) is 29.7 Å². The van der Waals surface area contributed by atoms with Gasteiger partial charge in [-0.25, -0.2) is 0 Å². The van der Waals surface area contributed by atoms with Crippen molar-refractivity contribution in [1.82, 2.24) is 5.32 Å².